The monoisotopic (exact) mass is 142 g/mol. The van der Waals surface area contributed by atoms with Gasteiger partial charge in [0, 0.05) is 12.6 Å². The van der Waals surface area contributed by atoms with E-state index >= 15 is 0 Å². The topological polar surface area (TPSA) is 6.48 Å². The van der Waals surface area contributed by atoms with Gasteiger partial charge in [-0.25, -0.2) is 0 Å². The van der Waals surface area contributed by atoms with Gasteiger partial charge >= 0.3 is 0 Å². The lowest BCUT2D eigenvalue weighted by Gasteiger charge is -2.22. The summed E-state index contributed by atoms with van der Waals surface area (Å²) in [6.45, 7) is 2.51. The molecule has 1 rings (SSSR count). The Morgan fingerprint density at radius 3 is 2.60 bits per heavy atom. The Bertz CT molecular complexity index is 101. The molecule has 1 saturated heterocycles. The van der Waals surface area contributed by atoms with Crippen LogP contribution in [0.1, 0.15) is 12.8 Å². The molecule has 0 aromatic carbocycles. The van der Waals surface area contributed by atoms with Crippen LogP contribution in [0, 0.1) is 0 Å². The second kappa shape index (κ2) is 3.35. The molecule has 1 unspecified atom stereocenters. The van der Waals surface area contributed by atoms with Crippen molar-refractivity contribution in [1.82, 2.24) is 9.80 Å². The van der Waals surface area contributed by atoms with Gasteiger partial charge in [-0.1, -0.05) is 0 Å². The number of nitrogens with zero attached hydrogens (tertiary/aromatic N) is 2. The highest BCUT2D eigenvalue weighted by atomic mass is 15.2. The van der Waals surface area contributed by atoms with Crippen molar-refractivity contribution in [2.45, 2.75) is 18.9 Å². The summed E-state index contributed by atoms with van der Waals surface area (Å²) in [6, 6.07) is 0.815. The average molecular weight is 142 g/mol. The van der Waals surface area contributed by atoms with Crippen molar-refractivity contribution in [3.8, 4) is 0 Å². The molecule has 0 amide bonds. The molecule has 0 radical (unpaired) electrons. The molecule has 1 heterocycles. The van der Waals surface area contributed by atoms with E-state index < -0.39 is 0 Å². The van der Waals surface area contributed by atoms with Gasteiger partial charge in [0.25, 0.3) is 0 Å². The standard InChI is InChI=1S/C8H18N2/c1-9(2)7-8-5-4-6-10(8)3/h8H,4-7H2,1-3H3. The number of rotatable bonds is 2. The van der Waals surface area contributed by atoms with Crippen molar-refractivity contribution in [1.29, 1.82) is 0 Å². The van der Waals surface area contributed by atoms with E-state index in [1.54, 1.807) is 0 Å². The van der Waals surface area contributed by atoms with Gasteiger partial charge in [-0.2, -0.15) is 0 Å². The summed E-state index contributed by atoms with van der Waals surface area (Å²) < 4.78 is 0. The van der Waals surface area contributed by atoms with Crippen LogP contribution < -0.4 is 0 Å². The van der Waals surface area contributed by atoms with Crippen molar-refractivity contribution in [2.24, 2.45) is 0 Å². The Balaban J connectivity index is 2.26. The van der Waals surface area contributed by atoms with Gasteiger partial charge in [0.05, 0.1) is 0 Å². The Morgan fingerprint density at radius 1 is 1.50 bits per heavy atom. The normalized spacial score (nSPS) is 28.2. The predicted octanol–water partition coefficient (Wildman–Crippen LogP) is 0.642. The SMILES string of the molecule is CN(C)CC1CCCN1C. The molecule has 0 aromatic heterocycles. The number of hydrogen-bond donors (Lipinski definition) is 0. The molecule has 0 N–H and O–H groups in total. The molecule has 1 aliphatic rings. The fourth-order valence-corrected chi connectivity index (χ4v) is 1.63. The van der Waals surface area contributed by atoms with E-state index in [4.69, 9.17) is 0 Å². The maximum atomic E-state index is 2.46. The zero-order valence-corrected chi connectivity index (χ0v) is 7.30. The first kappa shape index (κ1) is 8.02. The molecule has 0 aliphatic carbocycles. The van der Waals surface area contributed by atoms with Crippen LogP contribution in [-0.2, 0) is 0 Å². The van der Waals surface area contributed by atoms with Crippen LogP contribution in [0.15, 0.2) is 0 Å². The highest BCUT2D eigenvalue weighted by Crippen LogP contribution is 2.14. The molecular formula is C8H18N2. The van der Waals surface area contributed by atoms with E-state index in [2.05, 4.69) is 30.9 Å². The minimum absolute atomic E-state index is 0.815. The largest absolute Gasteiger partial charge is 0.308 e. The van der Waals surface area contributed by atoms with E-state index in [0.29, 0.717) is 0 Å². The van der Waals surface area contributed by atoms with E-state index in [-0.39, 0.29) is 0 Å². The summed E-state index contributed by atoms with van der Waals surface area (Å²) in [4.78, 5) is 4.73. The zero-order valence-electron chi connectivity index (χ0n) is 7.30. The molecule has 1 atom stereocenters. The average Bonchev–Trinajstić information content (AvgIpc) is 2.15. The van der Waals surface area contributed by atoms with Gasteiger partial charge in [-0.05, 0) is 40.5 Å². The molecule has 60 valence electrons. The lowest BCUT2D eigenvalue weighted by atomic mass is 10.2. The lowest BCUT2D eigenvalue weighted by Crippen LogP contribution is -2.34. The van der Waals surface area contributed by atoms with E-state index in [1.807, 2.05) is 0 Å². The van der Waals surface area contributed by atoms with Crippen molar-refractivity contribution >= 4 is 0 Å². The summed E-state index contributed by atoms with van der Waals surface area (Å²) >= 11 is 0. The van der Waals surface area contributed by atoms with Crippen LogP contribution in [0.5, 0.6) is 0 Å². The highest BCUT2D eigenvalue weighted by molar-refractivity contribution is 4.77. The van der Waals surface area contributed by atoms with Gasteiger partial charge in [-0.3, -0.25) is 0 Å². The summed E-state index contributed by atoms with van der Waals surface area (Å²) in [5.41, 5.74) is 0. The van der Waals surface area contributed by atoms with Crippen molar-refractivity contribution < 1.29 is 0 Å². The quantitative estimate of drug-likeness (QED) is 0.558. The van der Waals surface area contributed by atoms with Crippen LogP contribution in [-0.4, -0.2) is 50.1 Å². The summed E-state index contributed by atoms with van der Waals surface area (Å²) in [5, 5.41) is 0. The Hall–Kier alpha value is -0.0800. The zero-order chi connectivity index (χ0) is 7.56. The number of likely N-dealkylation sites (tertiary alicyclic amines) is 1. The number of likely N-dealkylation sites (N-methyl/N-ethyl adjacent to an activating group) is 2. The second-order valence-electron chi connectivity index (χ2n) is 3.54. The summed E-state index contributed by atoms with van der Waals surface area (Å²) in [7, 11) is 6.51. The first-order chi connectivity index (χ1) is 4.70. The first-order valence-electron chi connectivity index (χ1n) is 4.05. The van der Waals surface area contributed by atoms with Crippen LogP contribution in [0.3, 0.4) is 0 Å². The fraction of sp³-hybridized carbons (Fsp3) is 1.00. The molecule has 0 bridgehead atoms. The second-order valence-corrected chi connectivity index (χ2v) is 3.54. The minimum atomic E-state index is 0.815. The Labute approximate surface area is 63.8 Å². The highest BCUT2D eigenvalue weighted by Gasteiger charge is 2.20. The summed E-state index contributed by atoms with van der Waals surface area (Å²) in [5.74, 6) is 0. The third-order valence-corrected chi connectivity index (χ3v) is 2.25. The molecule has 0 aromatic rings. The molecule has 0 spiro atoms. The molecule has 1 aliphatic heterocycles. The molecule has 10 heavy (non-hydrogen) atoms. The smallest absolute Gasteiger partial charge is 0.0220 e. The van der Waals surface area contributed by atoms with E-state index in [9.17, 15) is 0 Å². The van der Waals surface area contributed by atoms with Gasteiger partial charge in [0.1, 0.15) is 0 Å². The van der Waals surface area contributed by atoms with Crippen LogP contribution in [0.2, 0.25) is 0 Å². The van der Waals surface area contributed by atoms with Gasteiger partial charge in [0.15, 0.2) is 0 Å². The molecule has 2 heteroatoms. The molecule has 2 nitrogen and oxygen atoms in total. The van der Waals surface area contributed by atoms with E-state index in [1.165, 1.54) is 25.9 Å². The molecular weight excluding hydrogens is 124 g/mol. The maximum absolute atomic E-state index is 2.46. The summed E-state index contributed by atoms with van der Waals surface area (Å²) in [6.07, 6.45) is 2.77. The first-order valence-corrected chi connectivity index (χ1v) is 4.05. The van der Waals surface area contributed by atoms with Crippen LogP contribution in [0.25, 0.3) is 0 Å². The van der Waals surface area contributed by atoms with Crippen molar-refractivity contribution in [2.75, 3.05) is 34.2 Å². The Kier molecular flexibility index (Phi) is 2.69. The van der Waals surface area contributed by atoms with Crippen molar-refractivity contribution in [3.05, 3.63) is 0 Å². The minimum Gasteiger partial charge on any atom is -0.308 e. The van der Waals surface area contributed by atoms with Gasteiger partial charge in [0.2, 0.25) is 0 Å². The third kappa shape index (κ3) is 1.96. The van der Waals surface area contributed by atoms with Crippen LogP contribution in [0.4, 0.5) is 0 Å². The van der Waals surface area contributed by atoms with Crippen molar-refractivity contribution in [3.63, 3.8) is 0 Å². The Morgan fingerprint density at radius 2 is 2.20 bits per heavy atom. The van der Waals surface area contributed by atoms with Gasteiger partial charge < -0.3 is 9.80 Å². The predicted molar refractivity (Wildman–Crippen MR) is 44.2 cm³/mol. The molecule has 0 saturated carbocycles. The lowest BCUT2D eigenvalue weighted by molar-refractivity contribution is 0.244. The third-order valence-electron chi connectivity index (χ3n) is 2.25. The fourth-order valence-electron chi connectivity index (χ4n) is 1.63. The van der Waals surface area contributed by atoms with Gasteiger partial charge in [-0.15, -0.1) is 0 Å². The maximum Gasteiger partial charge on any atom is 0.0220 e. The number of hydrogen-bond acceptors (Lipinski definition) is 2. The molecule has 1 fully saturated rings. The van der Waals surface area contributed by atoms with Crippen LogP contribution >= 0.6 is 0 Å². The van der Waals surface area contributed by atoms with E-state index in [0.717, 1.165) is 6.04 Å².